The molecule has 6 nitrogen and oxygen atoms in total. The number of amidine groups is 1. The second kappa shape index (κ2) is 5.40. The molecule has 0 spiro atoms. The van der Waals surface area contributed by atoms with Crippen molar-refractivity contribution in [3.63, 3.8) is 0 Å². The zero-order chi connectivity index (χ0) is 17.6. The summed E-state index contributed by atoms with van der Waals surface area (Å²) in [6, 6.07) is 7.20. The second-order valence-corrected chi connectivity index (χ2v) is 6.63. The Morgan fingerprint density at radius 2 is 2.00 bits per heavy atom. The molecule has 1 aromatic heterocycles. The van der Waals surface area contributed by atoms with Gasteiger partial charge in [-0.3, -0.25) is 4.79 Å². The lowest BCUT2D eigenvalue weighted by molar-refractivity contribution is -0.123. The van der Waals surface area contributed by atoms with Crippen LogP contribution in [-0.2, 0) is 4.79 Å². The van der Waals surface area contributed by atoms with Gasteiger partial charge in [-0.2, -0.15) is 4.99 Å². The highest BCUT2D eigenvalue weighted by atomic mass is 16.4. The van der Waals surface area contributed by atoms with Gasteiger partial charge in [0.15, 0.2) is 5.84 Å². The van der Waals surface area contributed by atoms with Crippen molar-refractivity contribution in [2.45, 2.75) is 33.2 Å². The van der Waals surface area contributed by atoms with Gasteiger partial charge in [0.1, 0.15) is 11.2 Å². The summed E-state index contributed by atoms with van der Waals surface area (Å²) in [5, 5.41) is 13.4. The molecule has 1 aliphatic heterocycles. The Kier molecular flexibility index (Phi) is 3.63. The number of carbonyl (C=O) groups is 2. The number of nitrogens with one attached hydrogen (secondary N) is 1. The van der Waals surface area contributed by atoms with Gasteiger partial charge >= 0.3 is 5.97 Å². The zero-order valence-electron chi connectivity index (χ0n) is 14.0. The fourth-order valence-electron chi connectivity index (χ4n) is 2.69. The number of hydrogen-bond donors (Lipinski definition) is 2. The Hall–Kier alpha value is -2.76. The van der Waals surface area contributed by atoms with E-state index in [0.29, 0.717) is 5.52 Å². The van der Waals surface area contributed by atoms with Gasteiger partial charge in [-0.25, -0.2) is 9.78 Å². The first-order valence-electron chi connectivity index (χ1n) is 7.79. The van der Waals surface area contributed by atoms with Crippen molar-refractivity contribution in [2.24, 2.45) is 10.9 Å². The number of benzene rings is 1. The van der Waals surface area contributed by atoms with Crippen LogP contribution < -0.4 is 5.32 Å². The second-order valence-electron chi connectivity index (χ2n) is 6.63. The maximum Gasteiger partial charge on any atom is 0.338 e. The summed E-state index contributed by atoms with van der Waals surface area (Å²) in [5.41, 5.74) is 1.05. The lowest BCUT2D eigenvalue weighted by atomic mass is 9.88. The van der Waals surface area contributed by atoms with Crippen LogP contribution in [0.25, 0.3) is 10.9 Å². The molecule has 2 heterocycles. The summed E-state index contributed by atoms with van der Waals surface area (Å²) in [5.74, 6) is -1.19. The highest BCUT2D eigenvalue weighted by Gasteiger charge is 2.43. The van der Waals surface area contributed by atoms with Gasteiger partial charge in [0.05, 0.1) is 11.1 Å². The van der Waals surface area contributed by atoms with Gasteiger partial charge in [0.25, 0.3) is 5.91 Å². The molecule has 1 aromatic carbocycles. The lowest BCUT2D eigenvalue weighted by Crippen LogP contribution is -2.50. The number of carbonyl (C=O) groups excluding carboxylic acids is 1. The number of aromatic nitrogens is 1. The molecule has 6 heteroatoms. The van der Waals surface area contributed by atoms with Gasteiger partial charge in [0, 0.05) is 5.39 Å². The third kappa shape index (κ3) is 2.44. The van der Waals surface area contributed by atoms with Crippen molar-refractivity contribution in [1.82, 2.24) is 10.3 Å². The molecule has 3 rings (SSSR count). The molecule has 1 amide bonds. The Balaban J connectivity index is 2.18. The number of carboxylic acid groups (broad SMARTS) is 1. The standard InChI is InChI=1S/C18H19N3O3/c1-9(2)18(4)17(24)20-15(21-18)14-12(16(22)23)8-11-7-10(3)5-6-13(11)19-14/h5-9H,1-4H3,(H,22,23)(H,20,21,24). The smallest absolute Gasteiger partial charge is 0.338 e. The molecule has 2 aromatic rings. The number of pyridine rings is 1. The van der Waals surface area contributed by atoms with E-state index >= 15 is 0 Å². The molecule has 1 atom stereocenters. The normalized spacial score (nSPS) is 20.4. The Labute approximate surface area is 139 Å². The largest absolute Gasteiger partial charge is 0.478 e. The fraction of sp³-hybridized carbons (Fsp3) is 0.333. The third-order valence-electron chi connectivity index (χ3n) is 4.62. The summed E-state index contributed by atoms with van der Waals surface area (Å²) in [6.07, 6.45) is 0. The number of carboxylic acids is 1. The van der Waals surface area contributed by atoms with Gasteiger partial charge in [0.2, 0.25) is 0 Å². The molecule has 124 valence electrons. The SMILES string of the molecule is Cc1ccc2nc(C3=NC(=O)C(C)(C(C)C)N3)c(C(=O)O)cc2c1. The number of rotatable bonds is 3. The average Bonchev–Trinajstić information content (AvgIpc) is 2.82. The number of aryl methyl sites for hydroxylation is 1. The number of aromatic carboxylic acids is 1. The molecule has 0 radical (unpaired) electrons. The van der Waals surface area contributed by atoms with Crippen molar-refractivity contribution >= 4 is 28.6 Å². The number of amides is 1. The number of aliphatic imine (C=N–C) groups is 1. The van der Waals surface area contributed by atoms with Crippen molar-refractivity contribution in [3.8, 4) is 0 Å². The molecule has 1 aliphatic rings. The summed E-state index contributed by atoms with van der Waals surface area (Å²) in [6.45, 7) is 7.53. The van der Waals surface area contributed by atoms with Crippen molar-refractivity contribution < 1.29 is 14.7 Å². The summed E-state index contributed by atoms with van der Waals surface area (Å²) in [7, 11) is 0. The fourth-order valence-corrected chi connectivity index (χ4v) is 2.69. The molecule has 0 saturated heterocycles. The predicted octanol–water partition coefficient (Wildman–Crippen LogP) is 2.53. The van der Waals surface area contributed by atoms with E-state index in [9.17, 15) is 14.7 Å². The van der Waals surface area contributed by atoms with Gasteiger partial charge < -0.3 is 10.4 Å². The highest BCUT2D eigenvalue weighted by molar-refractivity contribution is 6.16. The minimum Gasteiger partial charge on any atom is -0.478 e. The topological polar surface area (TPSA) is 91.7 Å². The maximum atomic E-state index is 12.3. The molecule has 1 unspecified atom stereocenters. The highest BCUT2D eigenvalue weighted by Crippen LogP contribution is 2.26. The van der Waals surface area contributed by atoms with Crippen LogP contribution in [-0.4, -0.2) is 33.3 Å². The van der Waals surface area contributed by atoms with E-state index in [1.54, 1.807) is 13.0 Å². The number of hydrogen-bond acceptors (Lipinski definition) is 4. The van der Waals surface area contributed by atoms with E-state index in [1.165, 1.54) is 0 Å². The van der Waals surface area contributed by atoms with Crippen LogP contribution in [0.2, 0.25) is 0 Å². The van der Waals surface area contributed by atoms with E-state index in [4.69, 9.17) is 0 Å². The van der Waals surface area contributed by atoms with Crippen molar-refractivity contribution in [2.75, 3.05) is 0 Å². The first kappa shape index (κ1) is 16.1. The minimum absolute atomic E-state index is 0.00244. The summed E-state index contributed by atoms with van der Waals surface area (Å²) >= 11 is 0. The van der Waals surface area contributed by atoms with Gasteiger partial charge in [-0.1, -0.05) is 25.5 Å². The summed E-state index contributed by atoms with van der Waals surface area (Å²) < 4.78 is 0. The van der Waals surface area contributed by atoms with Crippen LogP contribution >= 0.6 is 0 Å². The molecule has 0 bridgehead atoms. The molecular weight excluding hydrogens is 306 g/mol. The molecule has 0 saturated carbocycles. The Bertz CT molecular complexity index is 902. The Morgan fingerprint density at radius 3 is 2.58 bits per heavy atom. The predicted molar refractivity (Wildman–Crippen MR) is 91.4 cm³/mol. The van der Waals surface area contributed by atoms with Crippen LogP contribution in [0.1, 0.15) is 42.4 Å². The van der Waals surface area contributed by atoms with E-state index < -0.39 is 11.5 Å². The number of nitrogens with zero attached hydrogens (tertiary/aromatic N) is 2. The van der Waals surface area contributed by atoms with Gasteiger partial charge in [-0.05, 0) is 38.0 Å². The monoisotopic (exact) mass is 325 g/mol. The van der Waals surface area contributed by atoms with Crippen LogP contribution in [0.4, 0.5) is 0 Å². The minimum atomic E-state index is -1.10. The summed E-state index contributed by atoms with van der Waals surface area (Å²) in [4.78, 5) is 32.5. The first-order valence-corrected chi connectivity index (χ1v) is 7.79. The molecule has 0 fully saturated rings. The zero-order valence-corrected chi connectivity index (χ0v) is 14.0. The van der Waals surface area contributed by atoms with Crippen LogP contribution in [0.5, 0.6) is 0 Å². The lowest BCUT2D eigenvalue weighted by Gasteiger charge is -2.27. The Morgan fingerprint density at radius 1 is 1.29 bits per heavy atom. The molecule has 2 N–H and O–H groups in total. The quantitative estimate of drug-likeness (QED) is 0.905. The molecule has 24 heavy (non-hydrogen) atoms. The van der Waals surface area contributed by atoms with Crippen LogP contribution in [0.15, 0.2) is 29.3 Å². The first-order chi connectivity index (χ1) is 11.2. The van der Waals surface area contributed by atoms with E-state index in [0.717, 1.165) is 10.9 Å². The number of fused-ring (bicyclic) bond motifs is 1. The van der Waals surface area contributed by atoms with Gasteiger partial charge in [-0.15, -0.1) is 0 Å². The average molecular weight is 325 g/mol. The van der Waals surface area contributed by atoms with E-state index in [2.05, 4.69) is 15.3 Å². The van der Waals surface area contributed by atoms with Crippen LogP contribution in [0, 0.1) is 12.8 Å². The van der Waals surface area contributed by atoms with Crippen molar-refractivity contribution in [3.05, 3.63) is 41.1 Å². The van der Waals surface area contributed by atoms with Crippen molar-refractivity contribution in [1.29, 1.82) is 0 Å². The molecule has 0 aliphatic carbocycles. The van der Waals surface area contributed by atoms with E-state index in [-0.39, 0.29) is 28.9 Å². The maximum absolute atomic E-state index is 12.3. The van der Waals surface area contributed by atoms with Crippen LogP contribution in [0.3, 0.4) is 0 Å². The molecular formula is C18H19N3O3. The third-order valence-corrected chi connectivity index (χ3v) is 4.62. The van der Waals surface area contributed by atoms with E-state index in [1.807, 2.05) is 39.0 Å².